The van der Waals surface area contributed by atoms with E-state index in [1.807, 2.05) is 7.05 Å². The molecule has 1 aliphatic rings. The number of likely N-dealkylation sites (tertiary alicyclic amines) is 1. The normalized spacial score (nSPS) is 16.3. The van der Waals surface area contributed by atoms with E-state index in [2.05, 4.69) is 56.8 Å². The maximum atomic E-state index is 4.33. The van der Waals surface area contributed by atoms with Crippen LogP contribution in [0.25, 0.3) is 10.9 Å². The number of hydrogen-bond donors (Lipinski definition) is 3. The lowest BCUT2D eigenvalue weighted by molar-refractivity contribution is 0.232. The molecule has 136 valence electrons. The summed E-state index contributed by atoms with van der Waals surface area (Å²) in [5, 5.41) is 8.18. The minimum absolute atomic E-state index is 0.879. The minimum atomic E-state index is 0.879. The van der Waals surface area contributed by atoms with Crippen LogP contribution in [0.5, 0.6) is 0 Å². The topological polar surface area (TPSA) is 55.5 Å². The van der Waals surface area contributed by atoms with Crippen molar-refractivity contribution in [2.24, 2.45) is 4.99 Å². The monoisotopic (exact) mass is 341 g/mol. The van der Waals surface area contributed by atoms with E-state index in [4.69, 9.17) is 0 Å². The quantitative estimate of drug-likeness (QED) is 0.559. The van der Waals surface area contributed by atoms with Crippen LogP contribution >= 0.6 is 0 Å². The molecule has 1 aromatic heterocycles. The molecule has 2 aromatic rings. The van der Waals surface area contributed by atoms with Gasteiger partial charge in [0.2, 0.25) is 0 Å². The fraction of sp³-hybridized carbons (Fsp3) is 0.550. The van der Waals surface area contributed by atoms with Crippen LogP contribution in [0.2, 0.25) is 0 Å². The number of aromatic nitrogens is 1. The van der Waals surface area contributed by atoms with E-state index < -0.39 is 0 Å². The molecule has 2 heterocycles. The van der Waals surface area contributed by atoms with Crippen LogP contribution in [0.3, 0.4) is 0 Å². The van der Waals surface area contributed by atoms with E-state index in [-0.39, 0.29) is 0 Å². The van der Waals surface area contributed by atoms with Gasteiger partial charge in [0.15, 0.2) is 5.96 Å². The lowest BCUT2D eigenvalue weighted by Crippen LogP contribution is -2.43. The average Bonchev–Trinajstić information content (AvgIpc) is 3.03. The number of nitrogens with one attached hydrogen (secondary N) is 3. The van der Waals surface area contributed by atoms with Crippen molar-refractivity contribution < 1.29 is 0 Å². The number of aliphatic imine (C=N–C) groups is 1. The Kier molecular flexibility index (Phi) is 6.34. The van der Waals surface area contributed by atoms with Crippen molar-refractivity contribution in [3.63, 3.8) is 0 Å². The summed E-state index contributed by atoms with van der Waals surface area (Å²) in [6.45, 7) is 7.54. The predicted octanol–water partition coefficient (Wildman–Crippen LogP) is 2.67. The molecule has 0 spiro atoms. The molecule has 0 radical (unpaired) electrons. The van der Waals surface area contributed by atoms with Crippen LogP contribution in [0.4, 0.5) is 0 Å². The van der Waals surface area contributed by atoms with Gasteiger partial charge in [-0.1, -0.05) is 18.6 Å². The number of nitrogens with zero attached hydrogens (tertiary/aromatic N) is 2. The Morgan fingerprint density at radius 1 is 1.16 bits per heavy atom. The molecule has 1 saturated heterocycles. The number of aryl methyl sites for hydroxylation is 1. The summed E-state index contributed by atoms with van der Waals surface area (Å²) >= 11 is 0. The summed E-state index contributed by atoms with van der Waals surface area (Å²) in [6, 6.07) is 6.59. The molecule has 25 heavy (non-hydrogen) atoms. The Bertz CT molecular complexity index is 697. The fourth-order valence-electron chi connectivity index (χ4n) is 3.56. The third kappa shape index (κ3) is 4.98. The van der Waals surface area contributed by atoms with E-state index in [9.17, 15) is 0 Å². The largest absolute Gasteiger partial charge is 0.361 e. The number of H-pyrrole nitrogens is 1. The fourth-order valence-corrected chi connectivity index (χ4v) is 3.56. The van der Waals surface area contributed by atoms with Crippen molar-refractivity contribution in [2.45, 2.75) is 32.6 Å². The first kappa shape index (κ1) is 17.8. The van der Waals surface area contributed by atoms with E-state index in [0.29, 0.717) is 0 Å². The third-order valence-corrected chi connectivity index (χ3v) is 5.00. The first-order valence-electron chi connectivity index (χ1n) is 9.50. The number of piperidine rings is 1. The highest BCUT2D eigenvalue weighted by atomic mass is 15.2. The van der Waals surface area contributed by atoms with Crippen molar-refractivity contribution in [1.29, 1.82) is 0 Å². The minimum Gasteiger partial charge on any atom is -0.361 e. The van der Waals surface area contributed by atoms with Crippen LogP contribution in [0.15, 0.2) is 29.4 Å². The highest BCUT2D eigenvalue weighted by molar-refractivity contribution is 5.84. The Hall–Kier alpha value is -2.01. The zero-order valence-corrected chi connectivity index (χ0v) is 15.6. The molecule has 0 unspecified atom stereocenters. The molecule has 5 heteroatoms. The van der Waals surface area contributed by atoms with Gasteiger partial charge in [-0.15, -0.1) is 0 Å². The predicted molar refractivity (Wildman–Crippen MR) is 106 cm³/mol. The van der Waals surface area contributed by atoms with Crippen molar-refractivity contribution in [2.75, 3.05) is 39.8 Å². The molecular formula is C20H31N5. The molecule has 1 fully saturated rings. The summed E-state index contributed by atoms with van der Waals surface area (Å²) in [5.41, 5.74) is 3.86. The van der Waals surface area contributed by atoms with Gasteiger partial charge >= 0.3 is 0 Å². The van der Waals surface area contributed by atoms with Gasteiger partial charge in [-0.2, -0.15) is 0 Å². The summed E-state index contributed by atoms with van der Waals surface area (Å²) in [7, 11) is 1.84. The number of guanidine groups is 1. The molecule has 3 N–H and O–H groups in total. The first-order valence-corrected chi connectivity index (χ1v) is 9.50. The second kappa shape index (κ2) is 8.90. The number of aromatic amines is 1. The first-order chi connectivity index (χ1) is 12.3. The van der Waals surface area contributed by atoms with Crippen LogP contribution in [0, 0.1) is 6.92 Å². The van der Waals surface area contributed by atoms with Gasteiger partial charge in [0.25, 0.3) is 0 Å². The second-order valence-electron chi connectivity index (χ2n) is 6.94. The number of fused-ring (bicyclic) bond motifs is 1. The smallest absolute Gasteiger partial charge is 0.191 e. The summed E-state index contributed by atoms with van der Waals surface area (Å²) in [5.74, 6) is 0.896. The molecule has 5 nitrogen and oxygen atoms in total. The van der Waals surface area contributed by atoms with E-state index >= 15 is 0 Å². The Morgan fingerprint density at radius 3 is 2.76 bits per heavy atom. The molecule has 1 aliphatic heterocycles. The van der Waals surface area contributed by atoms with Crippen LogP contribution < -0.4 is 10.6 Å². The lowest BCUT2D eigenvalue weighted by Gasteiger charge is -2.26. The maximum absolute atomic E-state index is 4.33. The van der Waals surface area contributed by atoms with Crippen molar-refractivity contribution in [3.8, 4) is 0 Å². The third-order valence-electron chi connectivity index (χ3n) is 5.00. The number of rotatable bonds is 6. The van der Waals surface area contributed by atoms with Crippen molar-refractivity contribution in [3.05, 3.63) is 35.5 Å². The standard InChI is InChI=1S/C20H31N5/c1-16-6-7-18-17(15-24-19(18)14-16)8-9-22-20(21-2)23-10-13-25-11-4-3-5-12-25/h6-7,14-15,24H,3-5,8-13H2,1-2H3,(H2,21,22,23). The van der Waals surface area contributed by atoms with E-state index in [1.54, 1.807) is 0 Å². The molecular weight excluding hydrogens is 310 g/mol. The molecule has 0 saturated carbocycles. The zero-order chi connectivity index (χ0) is 17.5. The molecule has 0 bridgehead atoms. The van der Waals surface area contributed by atoms with E-state index in [1.165, 1.54) is 54.4 Å². The van der Waals surface area contributed by atoms with Gasteiger partial charge in [0, 0.05) is 43.8 Å². The van der Waals surface area contributed by atoms with Gasteiger partial charge in [0.1, 0.15) is 0 Å². The molecule has 0 amide bonds. The van der Waals surface area contributed by atoms with Gasteiger partial charge in [-0.25, -0.2) is 0 Å². The highest BCUT2D eigenvalue weighted by Crippen LogP contribution is 2.19. The summed E-state index contributed by atoms with van der Waals surface area (Å²) < 4.78 is 0. The Labute approximate surface area is 150 Å². The Morgan fingerprint density at radius 2 is 1.96 bits per heavy atom. The Balaban J connectivity index is 1.41. The van der Waals surface area contributed by atoms with Gasteiger partial charge < -0.3 is 20.5 Å². The van der Waals surface area contributed by atoms with Crippen molar-refractivity contribution in [1.82, 2.24) is 20.5 Å². The zero-order valence-electron chi connectivity index (χ0n) is 15.6. The van der Waals surface area contributed by atoms with Crippen LogP contribution in [-0.4, -0.2) is 55.6 Å². The average molecular weight is 342 g/mol. The molecule has 1 aromatic carbocycles. The van der Waals surface area contributed by atoms with Gasteiger partial charge in [-0.3, -0.25) is 4.99 Å². The second-order valence-corrected chi connectivity index (χ2v) is 6.94. The van der Waals surface area contributed by atoms with Crippen molar-refractivity contribution >= 4 is 16.9 Å². The van der Waals surface area contributed by atoms with Gasteiger partial charge in [-0.05, 0) is 56.5 Å². The number of hydrogen-bond acceptors (Lipinski definition) is 2. The summed E-state index contributed by atoms with van der Waals surface area (Å²) in [6.07, 6.45) is 7.18. The van der Waals surface area contributed by atoms with Crippen LogP contribution in [-0.2, 0) is 6.42 Å². The van der Waals surface area contributed by atoms with Gasteiger partial charge in [0.05, 0.1) is 0 Å². The van der Waals surface area contributed by atoms with E-state index in [0.717, 1.165) is 32.0 Å². The van der Waals surface area contributed by atoms with Crippen LogP contribution in [0.1, 0.15) is 30.4 Å². The molecule has 0 aliphatic carbocycles. The number of benzene rings is 1. The molecule has 3 rings (SSSR count). The summed E-state index contributed by atoms with van der Waals surface area (Å²) in [4.78, 5) is 10.2. The SMILES string of the molecule is CN=C(NCCc1c[nH]c2cc(C)ccc12)NCCN1CCCCC1. The maximum Gasteiger partial charge on any atom is 0.191 e. The highest BCUT2D eigenvalue weighted by Gasteiger charge is 2.09. The molecule has 0 atom stereocenters. The lowest BCUT2D eigenvalue weighted by atomic mass is 10.1.